The Morgan fingerprint density at radius 2 is 2.11 bits per heavy atom. The number of aliphatic carboxylic acids is 1. The highest BCUT2D eigenvalue weighted by Crippen LogP contribution is 2.26. The second-order valence-electron chi connectivity index (χ2n) is 5.25. The molecule has 0 aromatic rings. The maximum absolute atomic E-state index is 10.7. The van der Waals surface area contributed by atoms with E-state index in [1.807, 2.05) is 0 Å². The third-order valence-corrected chi connectivity index (χ3v) is 4.07. The number of nitrogens with zero attached hydrogens (tertiary/aromatic N) is 1. The molecule has 104 valence electrons. The Bertz CT molecular complexity index is 276. The first-order valence-electron chi connectivity index (χ1n) is 6.79. The lowest BCUT2D eigenvalue weighted by Crippen LogP contribution is -2.49. The molecule has 2 aliphatic rings. The number of rotatable bonds is 4. The quantitative estimate of drug-likeness (QED) is 0.818. The SMILES string of the molecule is COC1CCC(N2CCOC(CC(=O)O)C2)CC1. The Morgan fingerprint density at radius 3 is 2.72 bits per heavy atom. The van der Waals surface area contributed by atoms with Gasteiger partial charge in [-0.3, -0.25) is 9.69 Å². The standard InChI is InChI=1S/C13H23NO4/c1-17-11-4-2-10(3-5-11)14-6-7-18-12(9-14)8-13(15)16/h10-12H,2-9H2,1H3,(H,15,16). The van der Waals surface area contributed by atoms with E-state index in [1.54, 1.807) is 7.11 Å². The molecule has 0 aromatic carbocycles. The molecule has 5 heteroatoms. The molecule has 1 unspecified atom stereocenters. The lowest BCUT2D eigenvalue weighted by molar-refractivity contribution is -0.142. The van der Waals surface area contributed by atoms with Gasteiger partial charge in [-0.15, -0.1) is 0 Å². The van der Waals surface area contributed by atoms with E-state index in [1.165, 1.54) is 0 Å². The fourth-order valence-electron chi connectivity index (χ4n) is 3.04. The van der Waals surface area contributed by atoms with Crippen molar-refractivity contribution in [3.05, 3.63) is 0 Å². The second kappa shape index (κ2) is 6.50. The van der Waals surface area contributed by atoms with Crippen LogP contribution in [0.4, 0.5) is 0 Å². The largest absolute Gasteiger partial charge is 0.481 e. The topological polar surface area (TPSA) is 59.0 Å². The van der Waals surface area contributed by atoms with E-state index in [0.29, 0.717) is 18.8 Å². The van der Waals surface area contributed by atoms with Crippen molar-refractivity contribution in [1.82, 2.24) is 4.90 Å². The number of methoxy groups -OCH3 is 1. The first-order valence-corrected chi connectivity index (χ1v) is 6.79. The van der Waals surface area contributed by atoms with Crippen LogP contribution in [-0.2, 0) is 14.3 Å². The third-order valence-electron chi connectivity index (χ3n) is 4.07. The van der Waals surface area contributed by atoms with Gasteiger partial charge in [-0.25, -0.2) is 0 Å². The normalized spacial score (nSPS) is 34.4. The summed E-state index contributed by atoms with van der Waals surface area (Å²) in [5, 5.41) is 8.81. The first-order chi connectivity index (χ1) is 8.69. The maximum atomic E-state index is 10.7. The summed E-state index contributed by atoms with van der Waals surface area (Å²) in [5.74, 6) is -0.773. The van der Waals surface area contributed by atoms with E-state index in [9.17, 15) is 4.79 Å². The minimum atomic E-state index is -0.773. The highest BCUT2D eigenvalue weighted by molar-refractivity contribution is 5.67. The summed E-state index contributed by atoms with van der Waals surface area (Å²) in [4.78, 5) is 13.1. The van der Waals surface area contributed by atoms with Crippen molar-refractivity contribution in [2.75, 3.05) is 26.8 Å². The van der Waals surface area contributed by atoms with Crippen LogP contribution in [0.5, 0.6) is 0 Å². The summed E-state index contributed by atoms with van der Waals surface area (Å²) in [6.07, 6.45) is 4.92. The highest BCUT2D eigenvalue weighted by atomic mass is 16.5. The van der Waals surface area contributed by atoms with Crippen molar-refractivity contribution in [3.8, 4) is 0 Å². The number of carboxylic acid groups (broad SMARTS) is 1. The fourth-order valence-corrected chi connectivity index (χ4v) is 3.04. The summed E-state index contributed by atoms with van der Waals surface area (Å²) in [7, 11) is 1.78. The van der Waals surface area contributed by atoms with E-state index >= 15 is 0 Å². The van der Waals surface area contributed by atoms with Crippen molar-refractivity contribution < 1.29 is 19.4 Å². The summed E-state index contributed by atoms with van der Waals surface area (Å²) in [6, 6.07) is 0.580. The minimum Gasteiger partial charge on any atom is -0.481 e. The Morgan fingerprint density at radius 1 is 1.39 bits per heavy atom. The molecule has 0 radical (unpaired) electrons. The van der Waals surface area contributed by atoms with E-state index in [2.05, 4.69) is 4.90 Å². The van der Waals surface area contributed by atoms with Crippen LogP contribution in [0.2, 0.25) is 0 Å². The molecule has 1 aliphatic heterocycles. The average molecular weight is 257 g/mol. The van der Waals surface area contributed by atoms with Gasteiger partial charge < -0.3 is 14.6 Å². The van der Waals surface area contributed by atoms with Crippen molar-refractivity contribution in [3.63, 3.8) is 0 Å². The summed E-state index contributed by atoms with van der Waals surface area (Å²) < 4.78 is 10.9. The Hall–Kier alpha value is -0.650. The molecule has 1 heterocycles. The van der Waals surface area contributed by atoms with Crippen LogP contribution < -0.4 is 0 Å². The molecule has 18 heavy (non-hydrogen) atoms. The highest BCUT2D eigenvalue weighted by Gasteiger charge is 2.30. The van der Waals surface area contributed by atoms with E-state index in [4.69, 9.17) is 14.6 Å². The van der Waals surface area contributed by atoms with Gasteiger partial charge in [-0.05, 0) is 25.7 Å². The van der Waals surface area contributed by atoms with E-state index < -0.39 is 5.97 Å². The van der Waals surface area contributed by atoms with Crippen molar-refractivity contribution in [1.29, 1.82) is 0 Å². The maximum Gasteiger partial charge on any atom is 0.306 e. The van der Waals surface area contributed by atoms with Gasteiger partial charge in [0.05, 0.1) is 25.2 Å². The monoisotopic (exact) mass is 257 g/mol. The van der Waals surface area contributed by atoms with Gasteiger partial charge in [0.2, 0.25) is 0 Å². The molecule has 1 saturated heterocycles. The number of hydrogen-bond donors (Lipinski definition) is 1. The van der Waals surface area contributed by atoms with Gasteiger partial charge in [0.15, 0.2) is 0 Å². The van der Waals surface area contributed by atoms with Crippen molar-refractivity contribution >= 4 is 5.97 Å². The number of carboxylic acids is 1. The molecule has 0 amide bonds. The molecular formula is C13H23NO4. The van der Waals surface area contributed by atoms with Gasteiger partial charge in [-0.2, -0.15) is 0 Å². The fraction of sp³-hybridized carbons (Fsp3) is 0.923. The van der Waals surface area contributed by atoms with Crippen LogP contribution >= 0.6 is 0 Å². The number of carbonyl (C=O) groups is 1. The lowest BCUT2D eigenvalue weighted by atomic mass is 9.91. The molecular weight excluding hydrogens is 234 g/mol. The summed E-state index contributed by atoms with van der Waals surface area (Å²) in [5.41, 5.74) is 0. The summed E-state index contributed by atoms with van der Waals surface area (Å²) in [6.45, 7) is 2.34. The zero-order valence-corrected chi connectivity index (χ0v) is 11.0. The van der Waals surface area contributed by atoms with Crippen molar-refractivity contribution in [2.45, 2.75) is 50.4 Å². The Kier molecular flexibility index (Phi) is 4.97. The molecule has 2 rings (SSSR count). The van der Waals surface area contributed by atoms with Gasteiger partial charge in [-0.1, -0.05) is 0 Å². The van der Waals surface area contributed by atoms with Crippen LogP contribution in [0.15, 0.2) is 0 Å². The van der Waals surface area contributed by atoms with Gasteiger partial charge in [0, 0.05) is 26.2 Å². The molecule has 0 bridgehead atoms. The van der Waals surface area contributed by atoms with E-state index in [0.717, 1.165) is 38.8 Å². The van der Waals surface area contributed by atoms with Gasteiger partial charge in [0.1, 0.15) is 0 Å². The lowest BCUT2D eigenvalue weighted by Gasteiger charge is -2.40. The van der Waals surface area contributed by atoms with Crippen LogP contribution in [-0.4, -0.2) is 61.0 Å². The van der Waals surface area contributed by atoms with Crippen LogP contribution in [0.1, 0.15) is 32.1 Å². The molecule has 0 spiro atoms. The molecule has 1 aliphatic carbocycles. The zero-order valence-electron chi connectivity index (χ0n) is 11.0. The van der Waals surface area contributed by atoms with Crippen molar-refractivity contribution in [2.24, 2.45) is 0 Å². The van der Waals surface area contributed by atoms with Gasteiger partial charge in [0.25, 0.3) is 0 Å². The predicted octanol–water partition coefficient (Wildman–Crippen LogP) is 1.12. The Labute approximate surface area is 108 Å². The van der Waals surface area contributed by atoms with Crippen LogP contribution in [0.25, 0.3) is 0 Å². The first kappa shape index (κ1) is 13.8. The molecule has 5 nitrogen and oxygen atoms in total. The van der Waals surface area contributed by atoms with Crippen LogP contribution in [0.3, 0.4) is 0 Å². The molecule has 1 atom stereocenters. The number of hydrogen-bond acceptors (Lipinski definition) is 4. The summed E-state index contributed by atoms with van der Waals surface area (Å²) >= 11 is 0. The number of ether oxygens (including phenoxy) is 2. The average Bonchev–Trinajstić information content (AvgIpc) is 2.38. The molecule has 0 aromatic heterocycles. The third kappa shape index (κ3) is 3.67. The minimum absolute atomic E-state index is 0.115. The number of morpholine rings is 1. The predicted molar refractivity (Wildman–Crippen MR) is 66.6 cm³/mol. The van der Waals surface area contributed by atoms with Gasteiger partial charge >= 0.3 is 5.97 Å². The Balaban J connectivity index is 1.80. The molecule has 1 saturated carbocycles. The zero-order chi connectivity index (χ0) is 13.0. The van der Waals surface area contributed by atoms with E-state index in [-0.39, 0.29) is 12.5 Å². The van der Waals surface area contributed by atoms with Crippen LogP contribution in [0, 0.1) is 0 Å². The molecule has 1 N–H and O–H groups in total. The molecule has 2 fully saturated rings. The second-order valence-corrected chi connectivity index (χ2v) is 5.25. The smallest absolute Gasteiger partial charge is 0.306 e.